The number of aromatic nitrogens is 2. The third kappa shape index (κ3) is 3.81. The number of nitrogens with two attached hydrogens (primary N) is 1. The molecular formula is C14H24N6O. The number of carbonyl (C=O) groups excluding carboxylic acids is 1. The van der Waals surface area contributed by atoms with Crippen LogP contribution in [0.15, 0.2) is 6.33 Å². The molecule has 0 radical (unpaired) electrons. The molecule has 1 fully saturated rings. The van der Waals surface area contributed by atoms with Gasteiger partial charge >= 0.3 is 0 Å². The van der Waals surface area contributed by atoms with E-state index in [-0.39, 0.29) is 11.8 Å². The molecule has 0 spiro atoms. The lowest BCUT2D eigenvalue weighted by molar-refractivity contribution is -0.129. The Balaban J connectivity index is 1.95. The van der Waals surface area contributed by atoms with Crippen molar-refractivity contribution in [2.75, 3.05) is 30.4 Å². The number of nitrogen functional groups attached to an aromatic ring is 1. The molecule has 7 heteroatoms. The lowest BCUT2D eigenvalue weighted by Gasteiger charge is -2.18. The summed E-state index contributed by atoms with van der Waals surface area (Å²) in [6.07, 6.45) is 4.18. The summed E-state index contributed by atoms with van der Waals surface area (Å²) in [6.45, 7) is 6.46. The predicted molar refractivity (Wildman–Crippen MR) is 82.9 cm³/mol. The summed E-state index contributed by atoms with van der Waals surface area (Å²) in [7, 11) is 0. The van der Waals surface area contributed by atoms with Crippen molar-refractivity contribution in [3.05, 3.63) is 11.9 Å². The van der Waals surface area contributed by atoms with E-state index in [4.69, 9.17) is 5.84 Å². The average Bonchev–Trinajstić information content (AvgIpc) is 3.00. The minimum atomic E-state index is 0.206. The van der Waals surface area contributed by atoms with E-state index in [0.717, 1.165) is 37.3 Å². The minimum Gasteiger partial charge on any atom is -0.369 e. The van der Waals surface area contributed by atoms with Crippen molar-refractivity contribution in [2.45, 2.75) is 39.0 Å². The van der Waals surface area contributed by atoms with Crippen molar-refractivity contribution in [2.24, 2.45) is 5.84 Å². The van der Waals surface area contributed by atoms with Crippen LogP contribution in [0.3, 0.4) is 0 Å². The van der Waals surface area contributed by atoms with Crippen LogP contribution in [0, 0.1) is 0 Å². The Morgan fingerprint density at radius 1 is 1.33 bits per heavy atom. The molecule has 7 nitrogen and oxygen atoms in total. The number of hydrogen-bond acceptors (Lipinski definition) is 6. The van der Waals surface area contributed by atoms with Gasteiger partial charge in [-0.3, -0.25) is 4.79 Å². The topological polar surface area (TPSA) is 96.2 Å². The monoisotopic (exact) mass is 292 g/mol. The van der Waals surface area contributed by atoms with Gasteiger partial charge in [-0.25, -0.2) is 15.8 Å². The number of hydrogen-bond donors (Lipinski definition) is 3. The van der Waals surface area contributed by atoms with Crippen LogP contribution in [0.4, 0.5) is 11.6 Å². The van der Waals surface area contributed by atoms with Gasteiger partial charge in [-0.05, 0) is 18.8 Å². The molecular weight excluding hydrogens is 268 g/mol. The number of likely N-dealkylation sites (tertiary alicyclic amines) is 1. The summed E-state index contributed by atoms with van der Waals surface area (Å²) in [6, 6.07) is 0. The molecule has 2 rings (SSSR count). The first-order valence-corrected chi connectivity index (χ1v) is 7.46. The summed E-state index contributed by atoms with van der Waals surface area (Å²) < 4.78 is 0. The van der Waals surface area contributed by atoms with Crippen LogP contribution in [0.2, 0.25) is 0 Å². The van der Waals surface area contributed by atoms with E-state index in [1.807, 2.05) is 4.90 Å². The van der Waals surface area contributed by atoms with Crippen LogP contribution in [0.5, 0.6) is 0 Å². The molecule has 1 aromatic rings. The zero-order valence-electron chi connectivity index (χ0n) is 12.7. The molecule has 116 valence electrons. The second kappa shape index (κ2) is 7.21. The van der Waals surface area contributed by atoms with Crippen molar-refractivity contribution in [1.82, 2.24) is 14.9 Å². The van der Waals surface area contributed by atoms with Gasteiger partial charge in [-0.15, -0.1) is 0 Å². The van der Waals surface area contributed by atoms with Gasteiger partial charge in [-0.1, -0.05) is 13.8 Å². The Kier molecular flexibility index (Phi) is 5.32. The Labute approximate surface area is 125 Å². The number of nitrogens with zero attached hydrogens (tertiary/aromatic N) is 3. The fourth-order valence-electron chi connectivity index (χ4n) is 2.61. The zero-order valence-corrected chi connectivity index (χ0v) is 12.7. The predicted octanol–water partition coefficient (Wildman–Crippen LogP) is 1.31. The summed E-state index contributed by atoms with van der Waals surface area (Å²) in [5, 5.41) is 3.23. The molecule has 0 saturated carbocycles. The van der Waals surface area contributed by atoms with Crippen LogP contribution < -0.4 is 16.6 Å². The third-order valence-electron chi connectivity index (χ3n) is 3.69. The molecule has 1 aliphatic rings. The smallest absolute Gasteiger partial charge is 0.224 e. The molecule has 0 aliphatic carbocycles. The molecule has 0 bridgehead atoms. The lowest BCUT2D eigenvalue weighted by atomic mass is 10.0. The number of anilines is 2. The summed E-state index contributed by atoms with van der Waals surface area (Å²) >= 11 is 0. The highest BCUT2D eigenvalue weighted by molar-refractivity contribution is 5.77. The zero-order chi connectivity index (χ0) is 15.2. The fourth-order valence-corrected chi connectivity index (χ4v) is 2.61. The highest BCUT2D eigenvalue weighted by Gasteiger charge is 2.18. The molecule has 1 aromatic heterocycles. The van der Waals surface area contributed by atoms with Crippen LogP contribution in [-0.2, 0) is 4.79 Å². The summed E-state index contributed by atoms with van der Waals surface area (Å²) in [5.41, 5.74) is 3.53. The lowest BCUT2D eigenvalue weighted by Crippen LogP contribution is -2.29. The van der Waals surface area contributed by atoms with Gasteiger partial charge in [0.15, 0.2) is 0 Å². The first kappa shape index (κ1) is 15.5. The SMILES string of the molecule is CC(C)c1c(NN)ncnc1NCCC(=O)N1CCCC1. The number of hydrazine groups is 1. The first-order chi connectivity index (χ1) is 10.1. The number of carbonyl (C=O) groups is 1. The Morgan fingerprint density at radius 3 is 2.62 bits per heavy atom. The standard InChI is InChI=1S/C14H24N6O/c1-10(2)12-13(17-9-18-14(12)19-15)16-6-5-11(21)20-7-3-4-8-20/h9-10H,3-8,15H2,1-2H3,(H2,16,17,18,19). The quantitative estimate of drug-likeness (QED) is 0.540. The molecule has 4 N–H and O–H groups in total. The van der Waals surface area contributed by atoms with Crippen LogP contribution >= 0.6 is 0 Å². The van der Waals surface area contributed by atoms with E-state index in [1.165, 1.54) is 6.33 Å². The largest absolute Gasteiger partial charge is 0.369 e. The van der Waals surface area contributed by atoms with E-state index < -0.39 is 0 Å². The second-order valence-electron chi connectivity index (χ2n) is 5.55. The van der Waals surface area contributed by atoms with E-state index in [9.17, 15) is 4.79 Å². The third-order valence-corrected chi connectivity index (χ3v) is 3.69. The van der Waals surface area contributed by atoms with Crippen molar-refractivity contribution in [3.8, 4) is 0 Å². The highest BCUT2D eigenvalue weighted by Crippen LogP contribution is 2.27. The molecule has 0 atom stereocenters. The van der Waals surface area contributed by atoms with E-state index in [2.05, 4.69) is 34.6 Å². The second-order valence-corrected chi connectivity index (χ2v) is 5.55. The summed E-state index contributed by atoms with van der Waals surface area (Å²) in [5.74, 6) is 7.28. The molecule has 1 saturated heterocycles. The average molecular weight is 292 g/mol. The van der Waals surface area contributed by atoms with Crippen LogP contribution in [0.1, 0.15) is 44.6 Å². The van der Waals surface area contributed by atoms with E-state index in [1.54, 1.807) is 0 Å². The molecule has 21 heavy (non-hydrogen) atoms. The maximum absolute atomic E-state index is 12.0. The molecule has 1 aliphatic heterocycles. The Hall–Kier alpha value is -1.89. The van der Waals surface area contributed by atoms with Gasteiger partial charge < -0.3 is 15.6 Å². The Morgan fingerprint density at radius 2 is 2.00 bits per heavy atom. The first-order valence-electron chi connectivity index (χ1n) is 7.46. The fraction of sp³-hybridized carbons (Fsp3) is 0.643. The molecule has 0 aromatic carbocycles. The summed E-state index contributed by atoms with van der Waals surface area (Å²) in [4.78, 5) is 22.3. The van der Waals surface area contributed by atoms with Gasteiger partial charge in [0.05, 0.1) is 0 Å². The van der Waals surface area contributed by atoms with Crippen molar-refractivity contribution < 1.29 is 4.79 Å². The number of nitrogens with one attached hydrogen (secondary N) is 2. The van der Waals surface area contributed by atoms with E-state index in [0.29, 0.717) is 18.8 Å². The number of rotatable bonds is 6. The minimum absolute atomic E-state index is 0.206. The maximum Gasteiger partial charge on any atom is 0.224 e. The van der Waals surface area contributed by atoms with Crippen LogP contribution in [-0.4, -0.2) is 40.4 Å². The van der Waals surface area contributed by atoms with Gasteiger partial charge in [0.2, 0.25) is 5.91 Å². The van der Waals surface area contributed by atoms with Gasteiger partial charge in [0.1, 0.15) is 18.0 Å². The van der Waals surface area contributed by atoms with Crippen molar-refractivity contribution in [3.63, 3.8) is 0 Å². The van der Waals surface area contributed by atoms with Crippen LogP contribution in [0.25, 0.3) is 0 Å². The van der Waals surface area contributed by atoms with Gasteiger partial charge in [0, 0.05) is 31.6 Å². The molecule has 2 heterocycles. The van der Waals surface area contributed by atoms with Crippen molar-refractivity contribution in [1.29, 1.82) is 0 Å². The highest BCUT2D eigenvalue weighted by atomic mass is 16.2. The normalized spacial score (nSPS) is 14.6. The molecule has 1 amide bonds. The Bertz CT molecular complexity index is 484. The van der Waals surface area contributed by atoms with Gasteiger partial charge in [-0.2, -0.15) is 0 Å². The van der Waals surface area contributed by atoms with Crippen molar-refractivity contribution >= 4 is 17.5 Å². The maximum atomic E-state index is 12.0. The number of amides is 1. The van der Waals surface area contributed by atoms with Gasteiger partial charge in [0.25, 0.3) is 0 Å². The van der Waals surface area contributed by atoms with E-state index >= 15 is 0 Å². The molecule has 0 unspecified atom stereocenters.